The van der Waals surface area contributed by atoms with Gasteiger partial charge in [0.25, 0.3) is 0 Å². The molecule has 6 rings (SSSR count). The third-order valence-corrected chi connectivity index (χ3v) is 6.78. The maximum absolute atomic E-state index is 5.96. The molecule has 8 nitrogen and oxygen atoms in total. The van der Waals surface area contributed by atoms with Crippen LogP contribution in [-0.4, -0.2) is 44.2 Å². The van der Waals surface area contributed by atoms with Crippen LogP contribution in [0.15, 0.2) is 43.0 Å². The van der Waals surface area contributed by atoms with Crippen LogP contribution in [-0.2, 0) is 4.74 Å². The molecule has 33 heavy (non-hydrogen) atoms. The quantitative estimate of drug-likeness (QED) is 0.472. The smallest absolute Gasteiger partial charge is 0.167 e. The lowest BCUT2D eigenvalue weighted by Gasteiger charge is -2.25. The molecule has 2 aliphatic rings. The number of nitrogens with one attached hydrogen (secondary N) is 1. The second kappa shape index (κ2) is 8.59. The number of imidazole rings is 1. The van der Waals surface area contributed by atoms with Crippen molar-refractivity contribution >= 4 is 33.7 Å². The third kappa shape index (κ3) is 3.78. The molecule has 5 heterocycles. The predicted octanol–water partition coefficient (Wildman–Crippen LogP) is 4.85. The van der Waals surface area contributed by atoms with Crippen molar-refractivity contribution in [3.8, 4) is 0 Å². The summed E-state index contributed by atoms with van der Waals surface area (Å²) in [4.78, 5) is 21.2. The summed E-state index contributed by atoms with van der Waals surface area (Å²) in [6.07, 6.45) is 9.11. The fraction of sp³-hybridized carbons (Fsp3) is 0.440. The Morgan fingerprint density at radius 3 is 2.79 bits per heavy atom. The van der Waals surface area contributed by atoms with Gasteiger partial charge in [-0.05, 0) is 51.2 Å². The maximum Gasteiger partial charge on any atom is 0.167 e. The number of pyridine rings is 1. The number of anilines is 2. The molecule has 8 heteroatoms. The number of rotatable bonds is 5. The Morgan fingerprint density at radius 1 is 1.06 bits per heavy atom. The van der Waals surface area contributed by atoms with E-state index in [1.807, 2.05) is 10.9 Å². The van der Waals surface area contributed by atoms with E-state index in [0.29, 0.717) is 0 Å². The minimum Gasteiger partial charge on any atom is -0.361 e. The van der Waals surface area contributed by atoms with Crippen molar-refractivity contribution in [1.29, 1.82) is 0 Å². The molecule has 0 saturated carbocycles. The average Bonchev–Trinajstić information content (AvgIpc) is 3.55. The van der Waals surface area contributed by atoms with Crippen LogP contribution >= 0.6 is 0 Å². The van der Waals surface area contributed by atoms with Gasteiger partial charge in [-0.25, -0.2) is 19.9 Å². The fourth-order valence-corrected chi connectivity index (χ4v) is 5.02. The lowest BCUT2D eigenvalue weighted by molar-refractivity contribution is -0.0298. The van der Waals surface area contributed by atoms with Crippen molar-refractivity contribution in [2.24, 2.45) is 0 Å². The first kappa shape index (κ1) is 20.4. The van der Waals surface area contributed by atoms with Gasteiger partial charge in [-0.1, -0.05) is 18.2 Å². The highest BCUT2D eigenvalue weighted by molar-refractivity contribution is 5.84. The van der Waals surface area contributed by atoms with E-state index in [1.54, 1.807) is 6.33 Å². The van der Waals surface area contributed by atoms with Crippen LogP contribution in [0, 0.1) is 0 Å². The summed E-state index contributed by atoms with van der Waals surface area (Å²) in [5.74, 6) is 1.81. The minimum absolute atomic E-state index is 0.00428. The molecule has 2 unspecified atom stereocenters. The van der Waals surface area contributed by atoms with Crippen LogP contribution in [0.1, 0.15) is 56.9 Å². The van der Waals surface area contributed by atoms with Crippen LogP contribution in [0.3, 0.4) is 0 Å². The highest BCUT2D eigenvalue weighted by Crippen LogP contribution is 2.33. The average molecular weight is 444 g/mol. The van der Waals surface area contributed by atoms with Crippen LogP contribution in [0.5, 0.6) is 0 Å². The molecule has 0 aliphatic carbocycles. The summed E-state index contributed by atoms with van der Waals surface area (Å²) < 4.78 is 8.00. The topological polar surface area (TPSA) is 81.0 Å². The third-order valence-electron chi connectivity index (χ3n) is 6.78. The number of fused-ring (bicyclic) bond motifs is 2. The van der Waals surface area contributed by atoms with Crippen LogP contribution < -0.4 is 10.2 Å². The Morgan fingerprint density at radius 2 is 1.94 bits per heavy atom. The van der Waals surface area contributed by atoms with E-state index in [9.17, 15) is 0 Å². The molecule has 2 atom stereocenters. The largest absolute Gasteiger partial charge is 0.361 e. The lowest BCUT2D eigenvalue weighted by Crippen LogP contribution is -2.23. The summed E-state index contributed by atoms with van der Waals surface area (Å²) in [5.41, 5.74) is 3.79. The summed E-state index contributed by atoms with van der Waals surface area (Å²) in [7, 11) is 0. The van der Waals surface area contributed by atoms with Crippen molar-refractivity contribution in [2.45, 2.75) is 51.3 Å². The van der Waals surface area contributed by atoms with Gasteiger partial charge in [0, 0.05) is 30.6 Å². The van der Waals surface area contributed by atoms with Gasteiger partial charge in [-0.2, -0.15) is 0 Å². The minimum atomic E-state index is -0.00428. The Bertz CT molecular complexity index is 1270. The standard InChI is InChI=1S/C25H29N7O/c1-17(19-14-18-8-2-3-9-20(18)30-24(19)31-11-5-6-12-31)29-23-22-25(27-15-26-23)32(16-28-22)21-10-4-7-13-33-21/h2-3,8-9,14-17,21H,4-7,10-13H2,1H3,(H,26,27,29). The van der Waals surface area contributed by atoms with Gasteiger partial charge in [0.15, 0.2) is 17.0 Å². The van der Waals surface area contributed by atoms with E-state index in [4.69, 9.17) is 9.72 Å². The van der Waals surface area contributed by atoms with Crippen molar-refractivity contribution in [2.75, 3.05) is 29.9 Å². The first-order chi connectivity index (χ1) is 16.3. The van der Waals surface area contributed by atoms with Crippen molar-refractivity contribution in [3.05, 3.63) is 48.5 Å². The van der Waals surface area contributed by atoms with Gasteiger partial charge in [0.05, 0.1) is 17.9 Å². The van der Waals surface area contributed by atoms with Crippen LogP contribution in [0.2, 0.25) is 0 Å². The summed E-state index contributed by atoms with van der Waals surface area (Å²) >= 11 is 0. The molecular formula is C25H29N7O. The highest BCUT2D eigenvalue weighted by Gasteiger charge is 2.24. The molecule has 2 fully saturated rings. The SMILES string of the molecule is CC(Nc1ncnc2c1ncn2C1CCCCO1)c1cc2ccccc2nc1N1CCCC1. The number of nitrogens with zero attached hydrogens (tertiary/aromatic N) is 6. The van der Waals surface area contributed by atoms with Gasteiger partial charge in [-0.3, -0.25) is 4.57 Å². The van der Waals surface area contributed by atoms with E-state index in [0.717, 1.165) is 72.7 Å². The Kier molecular flexibility index (Phi) is 5.30. The van der Waals surface area contributed by atoms with Gasteiger partial charge < -0.3 is 15.0 Å². The summed E-state index contributed by atoms with van der Waals surface area (Å²) in [5, 5.41) is 4.76. The number of para-hydroxylation sites is 1. The Balaban J connectivity index is 1.36. The van der Waals surface area contributed by atoms with E-state index >= 15 is 0 Å². The zero-order valence-corrected chi connectivity index (χ0v) is 18.9. The van der Waals surface area contributed by atoms with Gasteiger partial charge in [0.2, 0.25) is 0 Å². The van der Waals surface area contributed by atoms with E-state index < -0.39 is 0 Å². The molecule has 0 bridgehead atoms. The zero-order chi connectivity index (χ0) is 22.2. The van der Waals surface area contributed by atoms with Crippen molar-refractivity contribution < 1.29 is 4.74 Å². The van der Waals surface area contributed by atoms with Crippen LogP contribution in [0.4, 0.5) is 11.6 Å². The molecule has 2 saturated heterocycles. The number of hydrogen-bond donors (Lipinski definition) is 1. The zero-order valence-electron chi connectivity index (χ0n) is 18.9. The Labute approximate surface area is 193 Å². The highest BCUT2D eigenvalue weighted by atomic mass is 16.5. The van der Waals surface area contributed by atoms with Crippen molar-refractivity contribution in [1.82, 2.24) is 24.5 Å². The summed E-state index contributed by atoms with van der Waals surface area (Å²) in [6.45, 7) is 5.05. The first-order valence-corrected chi connectivity index (χ1v) is 12.0. The van der Waals surface area contributed by atoms with E-state index in [2.05, 4.69) is 62.4 Å². The monoisotopic (exact) mass is 443 g/mol. The van der Waals surface area contributed by atoms with E-state index in [-0.39, 0.29) is 12.3 Å². The molecule has 4 aromatic rings. The second-order valence-electron chi connectivity index (χ2n) is 9.02. The molecule has 1 aromatic carbocycles. The predicted molar refractivity (Wildman–Crippen MR) is 129 cm³/mol. The molecule has 3 aromatic heterocycles. The number of hydrogen-bond acceptors (Lipinski definition) is 7. The molecule has 1 N–H and O–H groups in total. The van der Waals surface area contributed by atoms with Gasteiger partial charge >= 0.3 is 0 Å². The number of ether oxygens (including phenoxy) is 1. The van der Waals surface area contributed by atoms with Crippen LogP contribution in [0.25, 0.3) is 22.1 Å². The normalized spacial score (nSPS) is 19.9. The number of benzene rings is 1. The second-order valence-corrected chi connectivity index (χ2v) is 9.02. The maximum atomic E-state index is 5.96. The summed E-state index contributed by atoms with van der Waals surface area (Å²) in [6, 6.07) is 10.6. The van der Waals surface area contributed by atoms with Gasteiger partial charge in [0.1, 0.15) is 18.4 Å². The number of aromatic nitrogens is 5. The van der Waals surface area contributed by atoms with Crippen molar-refractivity contribution in [3.63, 3.8) is 0 Å². The molecule has 0 spiro atoms. The van der Waals surface area contributed by atoms with Gasteiger partial charge in [-0.15, -0.1) is 0 Å². The molecule has 2 aliphatic heterocycles. The molecular weight excluding hydrogens is 414 g/mol. The molecule has 0 amide bonds. The lowest BCUT2D eigenvalue weighted by atomic mass is 10.1. The van der Waals surface area contributed by atoms with E-state index in [1.165, 1.54) is 18.4 Å². The molecule has 170 valence electrons. The first-order valence-electron chi connectivity index (χ1n) is 12.0. The fourth-order valence-electron chi connectivity index (χ4n) is 5.02. The molecule has 0 radical (unpaired) electrons. The Hall–Kier alpha value is -3.26.